The lowest BCUT2D eigenvalue weighted by atomic mass is 10.0. The van der Waals surface area contributed by atoms with Gasteiger partial charge >= 0.3 is 0 Å². The predicted molar refractivity (Wildman–Crippen MR) is 108 cm³/mol. The third-order valence-electron chi connectivity index (χ3n) is 4.57. The van der Waals surface area contributed by atoms with Crippen molar-refractivity contribution in [3.8, 4) is 0 Å². The van der Waals surface area contributed by atoms with Crippen LogP contribution >= 0.6 is 0 Å². The maximum absolute atomic E-state index is 12.5. The van der Waals surface area contributed by atoms with Gasteiger partial charge in [-0.3, -0.25) is 9.69 Å². The average Bonchev–Trinajstić information content (AvgIpc) is 2.61. The summed E-state index contributed by atoms with van der Waals surface area (Å²) in [7, 11) is -1.85. The van der Waals surface area contributed by atoms with E-state index in [0.29, 0.717) is 18.2 Å². The molecule has 0 radical (unpaired) electrons. The molecule has 0 aliphatic heterocycles. The SMILES string of the molecule is CC(C)c1ccc(CN(C)[C@@H](C)C(=O)Nc2ccc(S(N)(=O)=O)cc2)cc1. The van der Waals surface area contributed by atoms with Crippen LogP contribution in [-0.4, -0.2) is 32.3 Å². The maximum Gasteiger partial charge on any atom is 0.241 e. The number of sulfonamides is 1. The number of amides is 1. The molecule has 27 heavy (non-hydrogen) atoms. The highest BCUT2D eigenvalue weighted by Gasteiger charge is 2.18. The van der Waals surface area contributed by atoms with E-state index in [4.69, 9.17) is 5.14 Å². The van der Waals surface area contributed by atoms with E-state index in [0.717, 1.165) is 5.56 Å². The minimum Gasteiger partial charge on any atom is -0.325 e. The highest BCUT2D eigenvalue weighted by Crippen LogP contribution is 2.17. The molecular weight excluding hydrogens is 362 g/mol. The molecule has 0 aromatic heterocycles. The van der Waals surface area contributed by atoms with Crippen molar-refractivity contribution in [3.05, 3.63) is 59.7 Å². The first-order valence-corrected chi connectivity index (χ1v) is 10.4. The topological polar surface area (TPSA) is 92.5 Å². The van der Waals surface area contributed by atoms with Gasteiger partial charge in [-0.15, -0.1) is 0 Å². The van der Waals surface area contributed by atoms with Gasteiger partial charge in [-0.25, -0.2) is 13.6 Å². The Kier molecular flexibility index (Phi) is 6.75. The molecule has 2 rings (SSSR count). The zero-order valence-corrected chi connectivity index (χ0v) is 17.0. The molecule has 1 amide bonds. The molecule has 0 spiro atoms. The highest BCUT2D eigenvalue weighted by atomic mass is 32.2. The van der Waals surface area contributed by atoms with Gasteiger partial charge in [-0.2, -0.15) is 0 Å². The van der Waals surface area contributed by atoms with Gasteiger partial charge in [0.1, 0.15) is 0 Å². The summed E-state index contributed by atoms with van der Waals surface area (Å²) in [4.78, 5) is 14.4. The zero-order chi connectivity index (χ0) is 20.2. The third kappa shape index (κ3) is 5.89. The fraction of sp³-hybridized carbons (Fsp3) is 0.350. The van der Waals surface area contributed by atoms with Crippen LogP contribution in [0.15, 0.2) is 53.4 Å². The summed E-state index contributed by atoms with van der Waals surface area (Å²) in [6.07, 6.45) is 0. The maximum atomic E-state index is 12.5. The first kappa shape index (κ1) is 21.1. The predicted octanol–water partition coefficient (Wildman–Crippen LogP) is 2.92. The smallest absolute Gasteiger partial charge is 0.241 e. The van der Waals surface area contributed by atoms with Gasteiger partial charge in [0.2, 0.25) is 15.9 Å². The first-order valence-electron chi connectivity index (χ1n) is 8.80. The molecule has 0 aliphatic carbocycles. The summed E-state index contributed by atoms with van der Waals surface area (Å²) < 4.78 is 22.6. The number of benzene rings is 2. The molecule has 146 valence electrons. The molecule has 7 heteroatoms. The van der Waals surface area contributed by atoms with Crippen LogP contribution in [0, 0.1) is 0 Å². The summed E-state index contributed by atoms with van der Waals surface area (Å²) in [5.74, 6) is 0.321. The van der Waals surface area contributed by atoms with Crippen molar-refractivity contribution >= 4 is 21.6 Å². The molecule has 0 unspecified atom stereocenters. The largest absolute Gasteiger partial charge is 0.325 e. The van der Waals surface area contributed by atoms with E-state index >= 15 is 0 Å². The van der Waals surface area contributed by atoms with Gasteiger partial charge in [0.15, 0.2) is 0 Å². The Balaban J connectivity index is 1.97. The standard InChI is InChI=1S/C20H27N3O3S/c1-14(2)17-7-5-16(6-8-17)13-23(4)15(3)20(24)22-18-9-11-19(12-10-18)27(21,25)26/h5-12,14-15H,13H2,1-4H3,(H,22,24)(H2,21,25,26)/t15-/m0/s1. The van der Waals surface area contributed by atoms with Crippen LogP contribution in [0.3, 0.4) is 0 Å². The van der Waals surface area contributed by atoms with Crippen molar-refractivity contribution in [2.75, 3.05) is 12.4 Å². The van der Waals surface area contributed by atoms with Gasteiger partial charge < -0.3 is 5.32 Å². The normalized spacial score (nSPS) is 13.0. The molecule has 0 fully saturated rings. The third-order valence-corrected chi connectivity index (χ3v) is 5.50. The zero-order valence-electron chi connectivity index (χ0n) is 16.1. The Hall–Kier alpha value is -2.22. The minimum absolute atomic E-state index is 0.00973. The number of likely N-dealkylation sites (N-methyl/N-ethyl adjacent to an activating group) is 1. The fourth-order valence-corrected chi connectivity index (χ4v) is 3.12. The molecule has 2 aromatic carbocycles. The number of nitrogens with zero attached hydrogens (tertiary/aromatic N) is 1. The lowest BCUT2D eigenvalue weighted by Crippen LogP contribution is -2.39. The summed E-state index contributed by atoms with van der Waals surface area (Å²) in [6, 6.07) is 13.8. The highest BCUT2D eigenvalue weighted by molar-refractivity contribution is 7.89. The van der Waals surface area contributed by atoms with Crippen molar-refractivity contribution < 1.29 is 13.2 Å². The van der Waals surface area contributed by atoms with Crippen LogP contribution < -0.4 is 10.5 Å². The van der Waals surface area contributed by atoms with Gasteiger partial charge in [0.05, 0.1) is 10.9 Å². The van der Waals surface area contributed by atoms with Gasteiger partial charge in [0, 0.05) is 12.2 Å². The first-order chi connectivity index (χ1) is 12.6. The Bertz CT molecular complexity index is 876. The van der Waals surface area contributed by atoms with E-state index in [-0.39, 0.29) is 16.8 Å². The summed E-state index contributed by atoms with van der Waals surface area (Å²) >= 11 is 0. The van der Waals surface area contributed by atoms with Crippen LogP contribution in [-0.2, 0) is 21.4 Å². The van der Waals surface area contributed by atoms with E-state index in [9.17, 15) is 13.2 Å². The second-order valence-electron chi connectivity index (χ2n) is 7.05. The van der Waals surface area contributed by atoms with Crippen LogP contribution in [0.4, 0.5) is 5.69 Å². The second kappa shape index (κ2) is 8.65. The Morgan fingerprint density at radius 3 is 2.07 bits per heavy atom. The Labute approximate surface area is 161 Å². The van der Waals surface area contributed by atoms with Crippen molar-refractivity contribution in [1.82, 2.24) is 4.90 Å². The van der Waals surface area contributed by atoms with Crippen LogP contribution in [0.5, 0.6) is 0 Å². The van der Waals surface area contributed by atoms with Crippen molar-refractivity contribution in [3.63, 3.8) is 0 Å². The van der Waals surface area contributed by atoms with E-state index in [2.05, 4.69) is 43.4 Å². The van der Waals surface area contributed by atoms with Gasteiger partial charge in [-0.05, 0) is 55.3 Å². The summed E-state index contributed by atoms with van der Waals surface area (Å²) in [6.45, 7) is 6.79. The number of carbonyl (C=O) groups excluding carboxylic acids is 1. The van der Waals surface area contributed by atoms with E-state index in [1.54, 1.807) is 0 Å². The minimum atomic E-state index is -3.74. The van der Waals surface area contributed by atoms with Crippen molar-refractivity contribution in [2.45, 2.75) is 44.2 Å². The van der Waals surface area contributed by atoms with Crippen molar-refractivity contribution in [1.29, 1.82) is 0 Å². The van der Waals surface area contributed by atoms with Gasteiger partial charge in [0.25, 0.3) is 0 Å². The molecule has 6 nitrogen and oxygen atoms in total. The molecular formula is C20H27N3O3S. The number of hydrogen-bond donors (Lipinski definition) is 2. The molecule has 0 aliphatic rings. The Morgan fingerprint density at radius 2 is 1.59 bits per heavy atom. The number of nitrogens with two attached hydrogens (primary N) is 1. The second-order valence-corrected chi connectivity index (χ2v) is 8.61. The molecule has 2 aromatic rings. The number of nitrogens with one attached hydrogen (secondary N) is 1. The fourth-order valence-electron chi connectivity index (χ4n) is 2.61. The quantitative estimate of drug-likeness (QED) is 0.761. The molecule has 0 heterocycles. The van der Waals surface area contributed by atoms with Crippen LogP contribution in [0.2, 0.25) is 0 Å². The number of carbonyl (C=O) groups is 1. The summed E-state index contributed by atoms with van der Waals surface area (Å²) in [5, 5.41) is 7.87. The van der Waals surface area contributed by atoms with Crippen LogP contribution in [0.1, 0.15) is 37.8 Å². The van der Waals surface area contributed by atoms with Crippen LogP contribution in [0.25, 0.3) is 0 Å². The van der Waals surface area contributed by atoms with Gasteiger partial charge in [-0.1, -0.05) is 38.1 Å². The lowest BCUT2D eigenvalue weighted by Gasteiger charge is -2.24. The number of hydrogen-bond acceptors (Lipinski definition) is 4. The Morgan fingerprint density at radius 1 is 1.04 bits per heavy atom. The number of anilines is 1. The summed E-state index contributed by atoms with van der Waals surface area (Å²) in [5.41, 5.74) is 2.95. The average molecular weight is 390 g/mol. The van der Waals surface area contributed by atoms with E-state index in [1.807, 2.05) is 18.9 Å². The molecule has 0 saturated heterocycles. The molecule has 0 bridgehead atoms. The molecule has 0 saturated carbocycles. The van der Waals surface area contributed by atoms with E-state index in [1.165, 1.54) is 29.8 Å². The number of primary sulfonamides is 1. The van der Waals surface area contributed by atoms with Crippen molar-refractivity contribution in [2.24, 2.45) is 5.14 Å². The lowest BCUT2D eigenvalue weighted by molar-refractivity contribution is -0.120. The molecule has 3 N–H and O–H groups in total. The molecule has 1 atom stereocenters. The number of rotatable bonds is 7. The monoisotopic (exact) mass is 389 g/mol. The van der Waals surface area contributed by atoms with E-state index < -0.39 is 10.0 Å².